The molecule has 3 nitrogen and oxygen atoms in total. The van der Waals surface area contributed by atoms with Crippen LogP contribution in [0.2, 0.25) is 0 Å². The van der Waals surface area contributed by atoms with E-state index in [0.29, 0.717) is 5.82 Å². The van der Waals surface area contributed by atoms with E-state index in [-0.39, 0.29) is 5.41 Å². The molecule has 0 fully saturated rings. The molecule has 246 valence electrons. The Labute approximate surface area is 303 Å². The first kappa shape index (κ1) is 30.3. The molecule has 0 saturated heterocycles. The van der Waals surface area contributed by atoms with Crippen molar-refractivity contribution in [2.45, 2.75) is 19.3 Å². The fraction of sp³-hybridized carbons (Fsp3) is 0.0612. The first-order valence-electron chi connectivity index (χ1n) is 17.9. The van der Waals surface area contributed by atoms with Gasteiger partial charge in [-0.05, 0) is 99.1 Å². The van der Waals surface area contributed by atoms with Gasteiger partial charge in [-0.15, -0.1) is 0 Å². The van der Waals surface area contributed by atoms with Gasteiger partial charge in [-0.25, -0.2) is 9.97 Å². The molecule has 10 rings (SSSR count). The monoisotopic (exact) mass is 665 g/mol. The number of aromatic nitrogens is 3. The summed E-state index contributed by atoms with van der Waals surface area (Å²) in [6.07, 6.45) is 1.84. The normalized spacial score (nSPS) is 13.0. The van der Waals surface area contributed by atoms with Crippen LogP contribution < -0.4 is 0 Å². The number of para-hydroxylation sites is 1. The highest BCUT2D eigenvalue weighted by Gasteiger charge is 2.35. The zero-order valence-corrected chi connectivity index (χ0v) is 29.1. The Balaban J connectivity index is 1.04. The van der Waals surface area contributed by atoms with E-state index < -0.39 is 0 Å². The van der Waals surface area contributed by atoms with Gasteiger partial charge in [0.2, 0.25) is 0 Å². The predicted molar refractivity (Wildman–Crippen MR) is 216 cm³/mol. The summed E-state index contributed by atoms with van der Waals surface area (Å²) < 4.78 is 2.38. The third-order valence-electron chi connectivity index (χ3n) is 10.9. The Hall–Kier alpha value is -6.58. The van der Waals surface area contributed by atoms with E-state index >= 15 is 0 Å². The van der Waals surface area contributed by atoms with E-state index in [1.54, 1.807) is 0 Å². The van der Waals surface area contributed by atoms with Crippen molar-refractivity contribution >= 4 is 21.8 Å². The lowest BCUT2D eigenvalue weighted by molar-refractivity contribution is 0.660. The minimum absolute atomic E-state index is 0.0323. The Morgan fingerprint density at radius 1 is 0.442 bits per heavy atom. The average molecular weight is 666 g/mol. The molecule has 1 aliphatic rings. The summed E-state index contributed by atoms with van der Waals surface area (Å²) in [6, 6.07) is 61.2. The maximum atomic E-state index is 4.90. The van der Waals surface area contributed by atoms with Crippen molar-refractivity contribution in [1.82, 2.24) is 14.5 Å². The van der Waals surface area contributed by atoms with Crippen LogP contribution >= 0.6 is 0 Å². The van der Waals surface area contributed by atoms with Crippen LogP contribution in [0.1, 0.15) is 25.0 Å². The molecule has 9 aromatic rings. The van der Waals surface area contributed by atoms with Gasteiger partial charge in [0.15, 0.2) is 5.82 Å². The average Bonchev–Trinajstić information content (AvgIpc) is 3.66. The van der Waals surface area contributed by atoms with Crippen molar-refractivity contribution in [2.24, 2.45) is 0 Å². The fourth-order valence-electron chi connectivity index (χ4n) is 8.22. The first-order chi connectivity index (χ1) is 25.5. The maximum absolute atomic E-state index is 4.90. The van der Waals surface area contributed by atoms with Gasteiger partial charge < -0.3 is 4.57 Å². The van der Waals surface area contributed by atoms with Crippen molar-refractivity contribution in [3.8, 4) is 61.7 Å². The van der Waals surface area contributed by atoms with Gasteiger partial charge in [-0.3, -0.25) is 0 Å². The van der Waals surface area contributed by atoms with Crippen LogP contribution in [-0.4, -0.2) is 14.5 Å². The molecule has 0 bridgehead atoms. The first-order valence-corrected chi connectivity index (χ1v) is 17.9. The summed E-state index contributed by atoms with van der Waals surface area (Å²) in [4.78, 5) is 9.51. The quantitative estimate of drug-likeness (QED) is 0.183. The Bertz CT molecular complexity index is 2810. The Morgan fingerprint density at radius 2 is 1.08 bits per heavy atom. The molecule has 0 atom stereocenters. The number of fused-ring (bicyclic) bond motifs is 6. The minimum Gasteiger partial charge on any atom is -0.309 e. The Kier molecular flexibility index (Phi) is 6.84. The summed E-state index contributed by atoms with van der Waals surface area (Å²) in [5.74, 6) is 0.716. The van der Waals surface area contributed by atoms with E-state index in [4.69, 9.17) is 4.98 Å². The van der Waals surface area contributed by atoms with Gasteiger partial charge in [0.1, 0.15) is 0 Å². The molecule has 1 aliphatic carbocycles. The van der Waals surface area contributed by atoms with Gasteiger partial charge in [-0.2, -0.15) is 0 Å². The largest absolute Gasteiger partial charge is 0.309 e. The molecule has 2 aromatic heterocycles. The standard InChI is InChI=1S/C49H35N3/c1-49(2)43-17-8-6-15-39(43)40-25-21-36(30-44(40)49)34-13-10-14-35(29-34)37-22-26-42-41-16-7-9-18-46(41)52(47(42)31-37)38-23-19-33(20-24-38)48-50-28-27-45(51-48)32-11-4-3-5-12-32/h3-31H,1-2H3. The fourth-order valence-corrected chi connectivity index (χ4v) is 8.22. The molecular weight excluding hydrogens is 631 g/mol. The van der Waals surface area contributed by atoms with E-state index in [0.717, 1.165) is 22.5 Å². The van der Waals surface area contributed by atoms with Crippen LogP contribution in [0.3, 0.4) is 0 Å². The number of benzene rings is 7. The predicted octanol–water partition coefficient (Wildman–Crippen LogP) is 12.5. The minimum atomic E-state index is -0.0323. The highest BCUT2D eigenvalue weighted by Crippen LogP contribution is 2.49. The lowest BCUT2D eigenvalue weighted by Gasteiger charge is -2.22. The molecule has 3 heteroatoms. The number of hydrogen-bond donors (Lipinski definition) is 0. The van der Waals surface area contributed by atoms with Crippen LogP contribution in [0.5, 0.6) is 0 Å². The van der Waals surface area contributed by atoms with E-state index in [1.807, 2.05) is 30.5 Å². The molecule has 0 aliphatic heterocycles. The number of hydrogen-bond acceptors (Lipinski definition) is 2. The molecule has 0 radical (unpaired) electrons. The summed E-state index contributed by atoms with van der Waals surface area (Å²) >= 11 is 0. The second-order valence-electron chi connectivity index (χ2n) is 14.3. The van der Waals surface area contributed by atoms with Gasteiger partial charge in [0.05, 0.1) is 16.7 Å². The maximum Gasteiger partial charge on any atom is 0.159 e. The van der Waals surface area contributed by atoms with E-state index in [9.17, 15) is 0 Å². The third kappa shape index (κ3) is 4.81. The van der Waals surface area contributed by atoms with Gasteiger partial charge in [0.25, 0.3) is 0 Å². The lowest BCUT2D eigenvalue weighted by Crippen LogP contribution is -2.14. The van der Waals surface area contributed by atoms with E-state index in [2.05, 4.69) is 169 Å². The summed E-state index contributed by atoms with van der Waals surface area (Å²) in [7, 11) is 0. The smallest absolute Gasteiger partial charge is 0.159 e. The molecule has 2 heterocycles. The molecule has 0 amide bonds. The second kappa shape index (κ2) is 11.8. The highest BCUT2D eigenvalue weighted by molar-refractivity contribution is 6.10. The van der Waals surface area contributed by atoms with Crippen molar-refractivity contribution in [3.05, 3.63) is 187 Å². The van der Waals surface area contributed by atoms with Crippen molar-refractivity contribution in [1.29, 1.82) is 0 Å². The van der Waals surface area contributed by atoms with Crippen LogP contribution in [0.25, 0.3) is 83.5 Å². The van der Waals surface area contributed by atoms with Gasteiger partial charge >= 0.3 is 0 Å². The summed E-state index contributed by atoms with van der Waals surface area (Å²) in [5, 5.41) is 2.47. The number of nitrogens with zero attached hydrogens (tertiary/aromatic N) is 3. The van der Waals surface area contributed by atoms with Crippen LogP contribution in [0.15, 0.2) is 176 Å². The molecule has 0 saturated carbocycles. The van der Waals surface area contributed by atoms with Crippen molar-refractivity contribution in [2.75, 3.05) is 0 Å². The van der Waals surface area contributed by atoms with Crippen LogP contribution in [0.4, 0.5) is 0 Å². The molecule has 0 unspecified atom stereocenters. The third-order valence-corrected chi connectivity index (χ3v) is 10.9. The Morgan fingerprint density at radius 3 is 1.92 bits per heavy atom. The zero-order chi connectivity index (χ0) is 34.8. The van der Waals surface area contributed by atoms with Gasteiger partial charge in [0, 0.05) is 39.2 Å². The highest BCUT2D eigenvalue weighted by atomic mass is 15.0. The molecule has 0 spiro atoms. The molecule has 7 aromatic carbocycles. The van der Waals surface area contributed by atoms with Crippen LogP contribution in [-0.2, 0) is 5.41 Å². The summed E-state index contributed by atoms with van der Waals surface area (Å²) in [6.45, 7) is 4.69. The zero-order valence-electron chi connectivity index (χ0n) is 29.1. The topological polar surface area (TPSA) is 30.7 Å². The SMILES string of the molecule is CC1(C)c2ccccc2-c2ccc(-c3cccc(-c4ccc5c6ccccc6n(-c6ccc(-c7nccc(-c8ccccc8)n7)cc6)c5c4)c3)cc21. The van der Waals surface area contributed by atoms with Crippen molar-refractivity contribution < 1.29 is 0 Å². The number of rotatable bonds is 5. The van der Waals surface area contributed by atoms with E-state index in [1.165, 1.54) is 66.3 Å². The van der Waals surface area contributed by atoms with Crippen molar-refractivity contribution in [3.63, 3.8) is 0 Å². The molecule has 52 heavy (non-hydrogen) atoms. The molecular formula is C49H35N3. The second-order valence-corrected chi connectivity index (χ2v) is 14.3. The summed E-state index contributed by atoms with van der Waals surface area (Å²) in [5.41, 5.74) is 16.8. The van der Waals surface area contributed by atoms with Gasteiger partial charge in [-0.1, -0.05) is 129 Å². The lowest BCUT2D eigenvalue weighted by atomic mass is 9.81. The van der Waals surface area contributed by atoms with Crippen LogP contribution in [0, 0.1) is 0 Å². The molecule has 0 N–H and O–H groups in total.